The molecule has 0 spiro atoms. The molecule has 0 saturated carbocycles. The third-order valence-corrected chi connectivity index (χ3v) is 4.50. The summed E-state index contributed by atoms with van der Waals surface area (Å²) in [6, 6.07) is 6.69. The Balaban J connectivity index is 2.41. The Bertz CT molecular complexity index is 532. The van der Waals surface area contributed by atoms with Gasteiger partial charge in [-0.05, 0) is 51.3 Å². The van der Waals surface area contributed by atoms with Crippen LogP contribution < -0.4 is 0 Å². The lowest BCUT2D eigenvalue weighted by Gasteiger charge is -2.12. The van der Waals surface area contributed by atoms with Gasteiger partial charge >= 0.3 is 0 Å². The summed E-state index contributed by atoms with van der Waals surface area (Å²) in [5.74, 6) is 0. The molecule has 0 aromatic heterocycles. The fourth-order valence-corrected chi connectivity index (χ4v) is 2.99. The van der Waals surface area contributed by atoms with E-state index in [1.54, 1.807) is 44.6 Å². The van der Waals surface area contributed by atoms with Crippen molar-refractivity contribution in [3.8, 4) is 0 Å². The third-order valence-electron chi connectivity index (χ3n) is 3.06. The van der Waals surface area contributed by atoms with Gasteiger partial charge in [-0.2, -0.15) is 8.42 Å². The summed E-state index contributed by atoms with van der Waals surface area (Å²) in [4.78, 5) is 0.211. The second-order valence-electron chi connectivity index (χ2n) is 5.07. The molecule has 0 saturated heterocycles. The van der Waals surface area contributed by atoms with Crippen molar-refractivity contribution in [1.82, 2.24) is 0 Å². The van der Waals surface area contributed by atoms with Gasteiger partial charge in [-0.25, -0.2) is 0 Å². The number of ether oxygens (including phenoxy) is 1. The van der Waals surface area contributed by atoms with Gasteiger partial charge in [0.1, 0.15) is 0 Å². The van der Waals surface area contributed by atoms with E-state index in [9.17, 15) is 8.42 Å². The highest BCUT2D eigenvalue weighted by Gasteiger charge is 2.18. The molecule has 118 valence electrons. The minimum atomic E-state index is -3.66. The molecule has 0 fully saturated rings. The highest BCUT2D eigenvalue weighted by molar-refractivity contribution is 7.86. The Morgan fingerprint density at radius 3 is 2.48 bits per heavy atom. The molecule has 1 rings (SSSR count). The molecule has 0 unspecified atom stereocenters. The number of unbranched alkanes of at least 4 members (excludes halogenated alkanes) is 2. The molecule has 0 heterocycles. The van der Waals surface area contributed by atoms with E-state index in [2.05, 4.69) is 0 Å². The Hall–Kier alpha value is -1.33. The summed E-state index contributed by atoms with van der Waals surface area (Å²) in [6.07, 6.45) is 6.83. The zero-order chi connectivity index (χ0) is 15.7. The average molecular weight is 312 g/mol. The molecule has 0 aliphatic carbocycles. The van der Waals surface area contributed by atoms with E-state index in [1.807, 2.05) is 13.0 Å². The number of hydrogen-bond donors (Lipinski definition) is 0. The Morgan fingerprint density at radius 2 is 1.86 bits per heavy atom. The first kappa shape index (κ1) is 17.7. The van der Waals surface area contributed by atoms with Crippen LogP contribution in [0, 0.1) is 6.92 Å². The van der Waals surface area contributed by atoms with Crippen LogP contribution in [0.25, 0.3) is 0 Å². The van der Waals surface area contributed by atoms with Crippen LogP contribution >= 0.6 is 0 Å². The van der Waals surface area contributed by atoms with Crippen LogP contribution in [0.3, 0.4) is 0 Å². The van der Waals surface area contributed by atoms with Crippen molar-refractivity contribution in [1.29, 1.82) is 0 Å². The summed E-state index contributed by atoms with van der Waals surface area (Å²) in [7, 11) is -2.05. The third kappa shape index (κ3) is 6.78. The zero-order valence-electron chi connectivity index (χ0n) is 12.9. The van der Waals surface area contributed by atoms with E-state index < -0.39 is 10.1 Å². The number of methoxy groups -OCH3 is 1. The van der Waals surface area contributed by atoms with Gasteiger partial charge in [-0.1, -0.05) is 24.1 Å². The van der Waals surface area contributed by atoms with Gasteiger partial charge < -0.3 is 4.74 Å². The summed E-state index contributed by atoms with van der Waals surface area (Å²) in [5, 5.41) is 0. The van der Waals surface area contributed by atoms with E-state index >= 15 is 0 Å². The van der Waals surface area contributed by atoms with Gasteiger partial charge in [0.15, 0.2) is 0 Å². The highest BCUT2D eigenvalue weighted by Crippen LogP contribution is 2.17. The lowest BCUT2D eigenvalue weighted by Crippen LogP contribution is -2.15. The van der Waals surface area contributed by atoms with Gasteiger partial charge in [0.05, 0.1) is 24.4 Å². The van der Waals surface area contributed by atoms with Crippen LogP contribution in [0.5, 0.6) is 0 Å². The molecular formula is C16H24O4S. The first-order chi connectivity index (χ1) is 9.95. The maximum Gasteiger partial charge on any atom is 0.297 e. The molecule has 0 aliphatic rings. The van der Waals surface area contributed by atoms with Gasteiger partial charge in [-0.15, -0.1) is 0 Å². The van der Waals surface area contributed by atoms with E-state index in [1.165, 1.54) is 0 Å². The summed E-state index contributed by atoms with van der Waals surface area (Å²) >= 11 is 0. The Labute approximate surface area is 127 Å². The molecule has 1 aromatic rings. The molecule has 1 aromatic carbocycles. The van der Waals surface area contributed by atoms with Crippen molar-refractivity contribution in [3.63, 3.8) is 0 Å². The molecule has 0 N–H and O–H groups in total. The summed E-state index contributed by atoms with van der Waals surface area (Å²) in [6.45, 7) is 3.70. The topological polar surface area (TPSA) is 52.6 Å². The maximum absolute atomic E-state index is 12.1. The first-order valence-corrected chi connectivity index (χ1v) is 8.54. The largest absolute Gasteiger partial charge is 0.505 e. The minimum absolute atomic E-state index is 0.211. The van der Waals surface area contributed by atoms with Crippen LogP contribution in [0.15, 0.2) is 41.5 Å². The number of benzene rings is 1. The zero-order valence-corrected chi connectivity index (χ0v) is 13.7. The van der Waals surface area contributed by atoms with Crippen molar-refractivity contribution >= 4 is 10.1 Å². The van der Waals surface area contributed by atoms with Gasteiger partial charge in [0.2, 0.25) is 0 Å². The van der Waals surface area contributed by atoms with E-state index in [0.29, 0.717) is 6.42 Å². The highest BCUT2D eigenvalue weighted by atomic mass is 32.2. The smallest absolute Gasteiger partial charge is 0.297 e. The lowest BCUT2D eigenvalue weighted by molar-refractivity contribution is 0.214. The summed E-state index contributed by atoms with van der Waals surface area (Å²) in [5.41, 5.74) is 1.02. The predicted octanol–water partition coefficient (Wildman–Crippen LogP) is 3.81. The Morgan fingerprint density at radius 1 is 1.19 bits per heavy atom. The molecule has 4 nitrogen and oxygen atoms in total. The van der Waals surface area contributed by atoms with Crippen LogP contribution in [0.4, 0.5) is 0 Å². The second kappa shape index (κ2) is 8.85. The monoisotopic (exact) mass is 312 g/mol. The standard InChI is InChI=1S/C16H24O4S/c1-14-9-11-16(12-10-14)21(17,18)20-15(2)8-6-4-5-7-13-19-3/h7,9-13,15H,4-6,8H2,1-3H3/t15-/m1/s1. The van der Waals surface area contributed by atoms with Crippen LogP contribution in [-0.2, 0) is 19.0 Å². The molecule has 5 heteroatoms. The van der Waals surface area contributed by atoms with Crippen molar-refractivity contribution in [3.05, 3.63) is 42.2 Å². The minimum Gasteiger partial charge on any atom is -0.505 e. The van der Waals surface area contributed by atoms with Crippen LogP contribution in [-0.4, -0.2) is 21.6 Å². The van der Waals surface area contributed by atoms with Crippen molar-refractivity contribution in [2.75, 3.05) is 7.11 Å². The normalized spacial score (nSPS) is 13.5. The average Bonchev–Trinajstić information content (AvgIpc) is 2.42. The first-order valence-electron chi connectivity index (χ1n) is 7.13. The number of hydrogen-bond acceptors (Lipinski definition) is 4. The predicted molar refractivity (Wildman–Crippen MR) is 83.5 cm³/mol. The fourth-order valence-electron chi connectivity index (χ4n) is 1.88. The van der Waals surface area contributed by atoms with Gasteiger partial charge in [0.25, 0.3) is 10.1 Å². The number of rotatable bonds is 9. The van der Waals surface area contributed by atoms with Crippen molar-refractivity contribution < 1.29 is 17.3 Å². The van der Waals surface area contributed by atoms with Crippen molar-refractivity contribution in [2.24, 2.45) is 0 Å². The molecule has 0 aliphatic heterocycles. The second-order valence-corrected chi connectivity index (χ2v) is 6.64. The van der Waals surface area contributed by atoms with Gasteiger partial charge in [0, 0.05) is 0 Å². The quantitative estimate of drug-likeness (QED) is 0.395. The fraction of sp³-hybridized carbons (Fsp3) is 0.500. The van der Waals surface area contributed by atoms with E-state index in [4.69, 9.17) is 8.92 Å². The SMILES string of the molecule is COC=CCCCC[C@@H](C)OS(=O)(=O)c1ccc(C)cc1. The van der Waals surface area contributed by atoms with E-state index in [-0.39, 0.29) is 11.0 Å². The number of aryl methyl sites for hydroxylation is 1. The van der Waals surface area contributed by atoms with Crippen LogP contribution in [0.2, 0.25) is 0 Å². The lowest BCUT2D eigenvalue weighted by atomic mass is 10.1. The maximum atomic E-state index is 12.1. The molecule has 0 amide bonds. The van der Waals surface area contributed by atoms with Gasteiger partial charge in [-0.3, -0.25) is 4.18 Å². The number of allylic oxidation sites excluding steroid dienone is 1. The molecular weight excluding hydrogens is 288 g/mol. The molecule has 1 atom stereocenters. The van der Waals surface area contributed by atoms with Crippen LogP contribution in [0.1, 0.15) is 38.2 Å². The summed E-state index contributed by atoms with van der Waals surface area (Å²) < 4.78 is 34.2. The van der Waals surface area contributed by atoms with E-state index in [0.717, 1.165) is 24.8 Å². The van der Waals surface area contributed by atoms with Crippen molar-refractivity contribution in [2.45, 2.75) is 50.5 Å². The molecule has 0 bridgehead atoms. The molecule has 21 heavy (non-hydrogen) atoms. The Kier molecular flexibility index (Phi) is 7.47. The molecule has 0 radical (unpaired) electrons.